The molecule has 0 spiro atoms. The van der Waals surface area contributed by atoms with Crippen LogP contribution in [-0.2, 0) is 14.8 Å². The van der Waals surface area contributed by atoms with Crippen LogP contribution in [0.15, 0.2) is 52.5 Å². The fraction of sp³-hybridized carbons (Fsp3) is 0.333. The topological polar surface area (TPSA) is 110 Å². The van der Waals surface area contributed by atoms with Gasteiger partial charge in [-0.05, 0) is 59.7 Å². The van der Waals surface area contributed by atoms with E-state index in [1.165, 1.54) is 28.2 Å². The molecule has 1 N–H and O–H groups in total. The fourth-order valence-electron chi connectivity index (χ4n) is 3.16. The van der Waals surface area contributed by atoms with Gasteiger partial charge in [-0.2, -0.15) is 8.99 Å². The molecule has 0 aliphatic heterocycles. The number of hydrogen-bond acceptors (Lipinski definition) is 7. The highest BCUT2D eigenvalue weighted by molar-refractivity contribution is 7.99. The number of amides is 1. The number of aromatic nitrogens is 4. The van der Waals surface area contributed by atoms with E-state index in [0.717, 1.165) is 16.8 Å². The number of carbonyl (C=O) groups excluding carboxylic acids is 1. The zero-order valence-corrected chi connectivity index (χ0v) is 20.1. The summed E-state index contributed by atoms with van der Waals surface area (Å²) in [5.41, 5.74) is 3.44. The van der Waals surface area contributed by atoms with E-state index in [-0.39, 0.29) is 16.6 Å². The molecule has 0 atom stereocenters. The quantitative estimate of drug-likeness (QED) is 0.475. The van der Waals surface area contributed by atoms with Crippen molar-refractivity contribution in [2.45, 2.75) is 37.7 Å². The summed E-state index contributed by atoms with van der Waals surface area (Å²) in [7, 11) is -3.60. The molecule has 0 aliphatic carbocycles. The Hall–Kier alpha value is -2.76. The molecule has 32 heavy (non-hydrogen) atoms. The Morgan fingerprint density at radius 1 is 1.12 bits per heavy atom. The number of anilines is 1. The van der Waals surface area contributed by atoms with Crippen LogP contribution in [0.4, 0.5) is 5.69 Å². The molecule has 0 aliphatic rings. The number of thioether (sulfide) groups is 1. The lowest BCUT2D eigenvalue weighted by Crippen LogP contribution is -2.30. The number of aryl methyl sites for hydroxylation is 1. The smallest absolute Gasteiger partial charge is 0.243 e. The summed E-state index contributed by atoms with van der Waals surface area (Å²) in [6.07, 6.45) is 0. The Morgan fingerprint density at radius 3 is 2.56 bits per heavy atom. The Bertz CT molecular complexity index is 1210. The zero-order valence-electron chi connectivity index (χ0n) is 18.4. The summed E-state index contributed by atoms with van der Waals surface area (Å²) in [4.78, 5) is 12.7. The van der Waals surface area contributed by atoms with E-state index in [0.29, 0.717) is 23.9 Å². The molecule has 1 amide bonds. The number of carbonyl (C=O) groups is 1. The zero-order chi connectivity index (χ0) is 23.3. The van der Waals surface area contributed by atoms with Gasteiger partial charge in [0.25, 0.3) is 0 Å². The van der Waals surface area contributed by atoms with Gasteiger partial charge in [-0.25, -0.2) is 8.42 Å². The number of sulfonamides is 1. The van der Waals surface area contributed by atoms with E-state index < -0.39 is 10.0 Å². The summed E-state index contributed by atoms with van der Waals surface area (Å²) in [6.45, 7) is 8.33. The molecule has 0 fully saturated rings. The van der Waals surface area contributed by atoms with Gasteiger partial charge in [0.15, 0.2) is 0 Å². The summed E-state index contributed by atoms with van der Waals surface area (Å²) < 4.78 is 28.4. The first-order valence-corrected chi connectivity index (χ1v) is 12.6. The van der Waals surface area contributed by atoms with Crippen LogP contribution in [0, 0.1) is 13.8 Å². The van der Waals surface area contributed by atoms with E-state index >= 15 is 0 Å². The highest BCUT2D eigenvalue weighted by atomic mass is 32.2. The largest absolute Gasteiger partial charge is 0.325 e. The average Bonchev–Trinajstić information content (AvgIpc) is 3.23. The van der Waals surface area contributed by atoms with Crippen LogP contribution in [0.5, 0.6) is 0 Å². The first kappa shape index (κ1) is 23.9. The summed E-state index contributed by atoms with van der Waals surface area (Å²) in [6, 6.07) is 12.1. The lowest BCUT2D eigenvalue weighted by atomic mass is 10.1. The normalized spacial score (nSPS) is 11.7. The number of benzene rings is 2. The van der Waals surface area contributed by atoms with Crippen molar-refractivity contribution >= 4 is 33.4 Å². The van der Waals surface area contributed by atoms with Crippen molar-refractivity contribution in [1.82, 2.24) is 24.5 Å². The molecule has 0 saturated carbocycles. The second-order valence-corrected chi connectivity index (χ2v) is 9.93. The predicted molar refractivity (Wildman–Crippen MR) is 125 cm³/mol. The minimum atomic E-state index is -3.60. The molecule has 0 saturated heterocycles. The Morgan fingerprint density at radius 2 is 1.84 bits per heavy atom. The van der Waals surface area contributed by atoms with Gasteiger partial charge in [0.1, 0.15) is 0 Å². The second kappa shape index (κ2) is 10.2. The van der Waals surface area contributed by atoms with Gasteiger partial charge in [0.05, 0.1) is 16.3 Å². The van der Waals surface area contributed by atoms with E-state index in [1.54, 1.807) is 30.7 Å². The maximum atomic E-state index is 12.7. The third-order valence-electron chi connectivity index (χ3n) is 5.04. The van der Waals surface area contributed by atoms with Crippen molar-refractivity contribution < 1.29 is 13.2 Å². The molecule has 0 radical (unpaired) electrons. The van der Waals surface area contributed by atoms with Gasteiger partial charge in [0, 0.05) is 18.8 Å². The standard InChI is InChI=1S/C21H26N6O3S2/c1-5-26(6-2)32(29,30)18-11-8-10-17(13-18)22-20(28)14-31-21-23-24-25-27(21)19-12-7-9-15(3)16(19)4/h7-13H,5-6,14H2,1-4H3,(H,22,28). The molecule has 3 rings (SSSR count). The Balaban J connectivity index is 1.70. The van der Waals surface area contributed by atoms with E-state index in [1.807, 2.05) is 32.0 Å². The molecular formula is C21H26N6O3S2. The van der Waals surface area contributed by atoms with Crippen molar-refractivity contribution in [2.24, 2.45) is 0 Å². The second-order valence-electron chi connectivity index (χ2n) is 7.05. The molecule has 0 unspecified atom stereocenters. The molecule has 170 valence electrons. The van der Waals surface area contributed by atoms with Gasteiger partial charge in [-0.3, -0.25) is 4.79 Å². The lowest BCUT2D eigenvalue weighted by Gasteiger charge is -2.18. The molecule has 2 aromatic carbocycles. The van der Waals surface area contributed by atoms with Crippen molar-refractivity contribution in [3.8, 4) is 5.69 Å². The average molecular weight is 475 g/mol. The van der Waals surface area contributed by atoms with Crippen molar-refractivity contribution in [2.75, 3.05) is 24.2 Å². The first-order valence-electron chi connectivity index (χ1n) is 10.2. The molecule has 9 nitrogen and oxygen atoms in total. The van der Waals surface area contributed by atoms with Crippen molar-refractivity contribution in [3.63, 3.8) is 0 Å². The monoisotopic (exact) mass is 474 g/mol. The number of nitrogens with one attached hydrogen (secondary N) is 1. The third-order valence-corrected chi connectivity index (χ3v) is 8.00. The van der Waals surface area contributed by atoms with E-state index in [9.17, 15) is 13.2 Å². The molecular weight excluding hydrogens is 448 g/mol. The van der Waals surface area contributed by atoms with Crippen LogP contribution < -0.4 is 5.32 Å². The van der Waals surface area contributed by atoms with E-state index in [4.69, 9.17) is 0 Å². The highest BCUT2D eigenvalue weighted by Crippen LogP contribution is 2.23. The maximum Gasteiger partial charge on any atom is 0.243 e. The maximum absolute atomic E-state index is 12.7. The SMILES string of the molecule is CCN(CC)S(=O)(=O)c1cccc(NC(=O)CSc2nnnn2-c2cccc(C)c2C)c1. The number of nitrogens with zero attached hydrogens (tertiary/aromatic N) is 5. The van der Waals surface area contributed by atoms with Gasteiger partial charge in [0.2, 0.25) is 21.1 Å². The van der Waals surface area contributed by atoms with Crippen LogP contribution in [-0.4, -0.2) is 57.7 Å². The Kier molecular flexibility index (Phi) is 7.64. The fourth-order valence-corrected chi connectivity index (χ4v) is 5.35. The van der Waals surface area contributed by atoms with Crippen molar-refractivity contribution in [1.29, 1.82) is 0 Å². The summed E-state index contributed by atoms with van der Waals surface area (Å²) in [5.74, 6) is -0.221. The van der Waals surface area contributed by atoms with Gasteiger partial charge < -0.3 is 5.32 Å². The first-order chi connectivity index (χ1) is 15.3. The van der Waals surface area contributed by atoms with Crippen molar-refractivity contribution in [3.05, 3.63) is 53.6 Å². The predicted octanol–water partition coefficient (Wildman–Crippen LogP) is 3.04. The lowest BCUT2D eigenvalue weighted by molar-refractivity contribution is -0.113. The summed E-state index contributed by atoms with van der Waals surface area (Å²) in [5, 5.41) is 15.1. The molecule has 0 bridgehead atoms. The molecule has 11 heteroatoms. The van der Waals surface area contributed by atoms with Crippen LogP contribution in [0.2, 0.25) is 0 Å². The number of tetrazole rings is 1. The van der Waals surface area contributed by atoms with Crippen LogP contribution in [0.1, 0.15) is 25.0 Å². The summed E-state index contributed by atoms with van der Waals surface area (Å²) >= 11 is 1.20. The number of rotatable bonds is 9. The van der Waals surface area contributed by atoms with Crippen LogP contribution in [0.3, 0.4) is 0 Å². The Labute approximate surface area is 192 Å². The van der Waals surface area contributed by atoms with Crippen LogP contribution in [0.25, 0.3) is 5.69 Å². The minimum Gasteiger partial charge on any atom is -0.325 e. The molecule has 3 aromatic rings. The molecule has 1 aromatic heterocycles. The van der Waals surface area contributed by atoms with Gasteiger partial charge in [-0.15, -0.1) is 5.10 Å². The minimum absolute atomic E-state index is 0.0677. The van der Waals surface area contributed by atoms with Gasteiger partial charge in [-0.1, -0.05) is 43.8 Å². The highest BCUT2D eigenvalue weighted by Gasteiger charge is 2.22. The third kappa shape index (κ3) is 5.17. The number of hydrogen-bond donors (Lipinski definition) is 1. The van der Waals surface area contributed by atoms with Gasteiger partial charge >= 0.3 is 0 Å². The van der Waals surface area contributed by atoms with Crippen LogP contribution >= 0.6 is 11.8 Å². The van der Waals surface area contributed by atoms with E-state index in [2.05, 4.69) is 20.8 Å². The molecule has 1 heterocycles.